The minimum absolute atomic E-state index is 0.106. The molecule has 0 radical (unpaired) electrons. The molecule has 0 spiro atoms. The maximum absolute atomic E-state index is 12.9. The van der Waals surface area contributed by atoms with E-state index < -0.39 is 0 Å². The summed E-state index contributed by atoms with van der Waals surface area (Å²) in [5.74, 6) is 2.12. The van der Waals surface area contributed by atoms with Crippen molar-refractivity contribution in [3.63, 3.8) is 0 Å². The van der Waals surface area contributed by atoms with E-state index in [1.807, 2.05) is 36.6 Å². The van der Waals surface area contributed by atoms with E-state index in [1.54, 1.807) is 13.2 Å². The Labute approximate surface area is 182 Å². The fourth-order valence-electron chi connectivity index (χ4n) is 3.48. The van der Waals surface area contributed by atoms with E-state index in [2.05, 4.69) is 40.4 Å². The molecular formula is C23H28N4O2S. The highest BCUT2D eigenvalue weighted by Crippen LogP contribution is 2.22. The lowest BCUT2D eigenvalue weighted by molar-refractivity contribution is 0.102. The first kappa shape index (κ1) is 21.9. The van der Waals surface area contributed by atoms with Crippen LogP contribution in [0.3, 0.4) is 0 Å². The molecule has 0 saturated carbocycles. The van der Waals surface area contributed by atoms with Gasteiger partial charge >= 0.3 is 0 Å². The molecule has 2 heterocycles. The Kier molecular flexibility index (Phi) is 7.15. The predicted molar refractivity (Wildman–Crippen MR) is 121 cm³/mol. The molecule has 0 N–H and O–H groups in total. The Morgan fingerprint density at radius 2 is 1.90 bits per heavy atom. The van der Waals surface area contributed by atoms with E-state index in [0.29, 0.717) is 12.3 Å². The van der Waals surface area contributed by atoms with E-state index in [4.69, 9.17) is 4.74 Å². The van der Waals surface area contributed by atoms with Gasteiger partial charge in [0.15, 0.2) is 10.9 Å². The average Bonchev–Trinajstić information content (AvgIpc) is 3.24. The summed E-state index contributed by atoms with van der Waals surface area (Å²) >= 11 is 1.42. The standard InChI is InChI=1S/C23H28N4O2S/c1-6-12-27-18(4)24-25-23(27)30-15-22(28)21-14-16(2)26(17(21)3)13-11-19-7-9-20(29-5)10-8-19/h6-10,14H,1,11-13,15H2,2-5H3. The van der Waals surface area contributed by atoms with Crippen LogP contribution in [-0.2, 0) is 19.5 Å². The van der Waals surface area contributed by atoms with Crippen LogP contribution in [0.25, 0.3) is 0 Å². The molecule has 158 valence electrons. The number of hydrogen-bond acceptors (Lipinski definition) is 5. The maximum atomic E-state index is 12.9. The first-order chi connectivity index (χ1) is 14.4. The van der Waals surface area contributed by atoms with Crippen molar-refractivity contribution in [3.8, 4) is 5.75 Å². The number of thioether (sulfide) groups is 1. The number of aromatic nitrogens is 4. The minimum Gasteiger partial charge on any atom is -0.497 e. The number of hydrogen-bond donors (Lipinski definition) is 0. The molecule has 3 aromatic rings. The van der Waals surface area contributed by atoms with Gasteiger partial charge in [0.2, 0.25) is 0 Å². The van der Waals surface area contributed by atoms with Crippen molar-refractivity contribution in [2.75, 3.05) is 12.9 Å². The summed E-state index contributed by atoms with van der Waals surface area (Å²) in [6.07, 6.45) is 2.70. The van der Waals surface area contributed by atoms with Gasteiger partial charge in [0.1, 0.15) is 11.6 Å². The summed E-state index contributed by atoms with van der Waals surface area (Å²) in [4.78, 5) is 12.9. The number of nitrogens with zero attached hydrogens (tertiary/aromatic N) is 4. The number of carbonyl (C=O) groups is 1. The van der Waals surface area contributed by atoms with Crippen LogP contribution in [0.15, 0.2) is 48.1 Å². The summed E-state index contributed by atoms with van der Waals surface area (Å²) in [6, 6.07) is 10.1. The van der Waals surface area contributed by atoms with Crippen molar-refractivity contribution in [3.05, 3.63) is 71.3 Å². The zero-order valence-corrected chi connectivity index (χ0v) is 18.8. The summed E-state index contributed by atoms with van der Waals surface area (Å²) in [7, 11) is 1.67. The first-order valence-electron chi connectivity index (χ1n) is 9.91. The maximum Gasteiger partial charge on any atom is 0.191 e. The van der Waals surface area contributed by atoms with Crippen LogP contribution in [0.4, 0.5) is 0 Å². The largest absolute Gasteiger partial charge is 0.497 e. The normalized spacial score (nSPS) is 10.9. The van der Waals surface area contributed by atoms with Crippen molar-refractivity contribution in [2.24, 2.45) is 0 Å². The number of rotatable bonds is 10. The number of Topliss-reactive ketones (excluding diaryl/α,β-unsaturated/α-hetero) is 1. The monoisotopic (exact) mass is 424 g/mol. The van der Waals surface area contributed by atoms with Crippen LogP contribution in [-0.4, -0.2) is 38.0 Å². The predicted octanol–water partition coefficient (Wildman–Crippen LogP) is 4.42. The van der Waals surface area contributed by atoms with E-state index in [0.717, 1.165) is 46.6 Å². The molecule has 7 heteroatoms. The van der Waals surface area contributed by atoms with Gasteiger partial charge < -0.3 is 13.9 Å². The molecule has 0 fully saturated rings. The molecule has 0 unspecified atom stereocenters. The zero-order valence-electron chi connectivity index (χ0n) is 18.0. The second kappa shape index (κ2) is 9.80. The first-order valence-corrected chi connectivity index (χ1v) is 10.9. The van der Waals surface area contributed by atoms with E-state index in [-0.39, 0.29) is 5.78 Å². The third kappa shape index (κ3) is 4.84. The number of carbonyl (C=O) groups excluding carboxylic acids is 1. The van der Waals surface area contributed by atoms with Crippen LogP contribution in [0, 0.1) is 20.8 Å². The summed E-state index contributed by atoms with van der Waals surface area (Å²) < 4.78 is 9.39. The van der Waals surface area contributed by atoms with E-state index >= 15 is 0 Å². The van der Waals surface area contributed by atoms with Gasteiger partial charge in [-0.2, -0.15) is 0 Å². The third-order valence-corrected chi connectivity index (χ3v) is 6.17. The zero-order chi connectivity index (χ0) is 21.7. The summed E-state index contributed by atoms with van der Waals surface area (Å²) in [6.45, 7) is 11.2. The lowest BCUT2D eigenvalue weighted by Gasteiger charge is -2.10. The highest BCUT2D eigenvalue weighted by molar-refractivity contribution is 7.99. The molecule has 0 amide bonds. The second-order valence-corrected chi connectivity index (χ2v) is 8.12. The van der Waals surface area contributed by atoms with Gasteiger partial charge in [-0.3, -0.25) is 4.79 Å². The lowest BCUT2D eigenvalue weighted by Crippen LogP contribution is -2.09. The highest BCUT2D eigenvalue weighted by atomic mass is 32.2. The molecule has 0 atom stereocenters. The summed E-state index contributed by atoms with van der Waals surface area (Å²) in [5.41, 5.74) is 4.13. The molecule has 2 aromatic heterocycles. The van der Waals surface area contributed by atoms with Crippen LogP contribution in [0.2, 0.25) is 0 Å². The number of benzene rings is 1. The quantitative estimate of drug-likeness (QED) is 0.274. The van der Waals surface area contributed by atoms with Crippen molar-refractivity contribution in [2.45, 2.75) is 45.4 Å². The molecule has 0 bridgehead atoms. The Hall–Kier alpha value is -2.80. The highest BCUT2D eigenvalue weighted by Gasteiger charge is 2.17. The van der Waals surface area contributed by atoms with E-state index in [9.17, 15) is 4.79 Å². The fraction of sp³-hybridized carbons (Fsp3) is 0.348. The number of aryl methyl sites for hydroxylation is 3. The van der Waals surface area contributed by atoms with E-state index in [1.165, 1.54) is 17.3 Å². The van der Waals surface area contributed by atoms with Crippen molar-refractivity contribution >= 4 is 17.5 Å². The molecule has 0 aliphatic rings. The molecule has 30 heavy (non-hydrogen) atoms. The van der Waals surface area contributed by atoms with Crippen LogP contribution < -0.4 is 4.74 Å². The number of methoxy groups -OCH3 is 1. The Balaban J connectivity index is 1.66. The molecule has 6 nitrogen and oxygen atoms in total. The third-order valence-electron chi connectivity index (χ3n) is 5.20. The van der Waals surface area contributed by atoms with Gasteiger partial charge in [0, 0.05) is 30.0 Å². The SMILES string of the molecule is C=CCn1c(C)nnc1SCC(=O)c1cc(C)n(CCc2ccc(OC)cc2)c1C. The molecule has 0 aliphatic carbocycles. The van der Waals surface area contributed by atoms with Crippen molar-refractivity contribution in [1.29, 1.82) is 0 Å². The number of ketones is 1. The van der Waals surface area contributed by atoms with Gasteiger partial charge in [-0.05, 0) is 51.0 Å². The minimum atomic E-state index is 0.106. The molecule has 1 aromatic carbocycles. The van der Waals surface area contributed by atoms with Gasteiger partial charge in [-0.15, -0.1) is 16.8 Å². The lowest BCUT2D eigenvalue weighted by atomic mass is 10.1. The van der Waals surface area contributed by atoms with Gasteiger partial charge in [0.25, 0.3) is 0 Å². The molecule has 3 rings (SSSR count). The van der Waals surface area contributed by atoms with Gasteiger partial charge in [-0.1, -0.05) is 30.0 Å². The van der Waals surface area contributed by atoms with Crippen molar-refractivity contribution in [1.82, 2.24) is 19.3 Å². The van der Waals surface area contributed by atoms with Crippen LogP contribution >= 0.6 is 11.8 Å². The topological polar surface area (TPSA) is 61.9 Å². The summed E-state index contributed by atoms with van der Waals surface area (Å²) in [5, 5.41) is 9.03. The average molecular weight is 425 g/mol. The Morgan fingerprint density at radius 3 is 2.57 bits per heavy atom. The van der Waals surface area contributed by atoms with Crippen LogP contribution in [0.5, 0.6) is 5.75 Å². The number of allylic oxidation sites excluding steroid dienone is 1. The Morgan fingerprint density at radius 1 is 1.17 bits per heavy atom. The second-order valence-electron chi connectivity index (χ2n) is 7.18. The van der Waals surface area contributed by atoms with Crippen LogP contribution in [0.1, 0.15) is 33.1 Å². The Bertz CT molecular complexity index is 1030. The molecular weight excluding hydrogens is 396 g/mol. The fourth-order valence-corrected chi connectivity index (χ4v) is 4.35. The smallest absolute Gasteiger partial charge is 0.191 e. The number of ether oxygens (including phenoxy) is 1. The van der Waals surface area contributed by atoms with Crippen molar-refractivity contribution < 1.29 is 9.53 Å². The van der Waals surface area contributed by atoms with Gasteiger partial charge in [-0.25, -0.2) is 0 Å². The molecule has 0 aliphatic heterocycles. The van der Waals surface area contributed by atoms with Gasteiger partial charge in [0.05, 0.1) is 12.9 Å². The molecule has 0 saturated heterocycles.